The molecule has 0 radical (unpaired) electrons. The number of methoxy groups -OCH3 is 1. The van der Waals surface area contributed by atoms with Crippen LogP contribution in [-0.4, -0.2) is 52.8 Å². The lowest BCUT2D eigenvalue weighted by Gasteiger charge is -2.15. The third-order valence-corrected chi connectivity index (χ3v) is 5.77. The van der Waals surface area contributed by atoms with Gasteiger partial charge in [-0.15, -0.1) is 5.10 Å². The first-order valence-electron chi connectivity index (χ1n) is 10.8. The molecule has 11 nitrogen and oxygen atoms in total. The van der Waals surface area contributed by atoms with Gasteiger partial charge >= 0.3 is 6.01 Å². The van der Waals surface area contributed by atoms with Crippen LogP contribution in [0.5, 0.6) is 6.01 Å². The monoisotopic (exact) mass is 437 g/mol. The Hall–Kier alpha value is -3.47. The minimum atomic E-state index is 0.114. The molecule has 0 amide bonds. The van der Waals surface area contributed by atoms with Crippen LogP contribution in [0.3, 0.4) is 0 Å². The molecule has 0 spiro atoms. The highest BCUT2D eigenvalue weighted by atomic mass is 16.5. The Morgan fingerprint density at radius 3 is 3.03 bits per heavy atom. The minimum Gasteiger partial charge on any atom is -0.460 e. The Morgan fingerprint density at radius 2 is 2.19 bits per heavy atom. The fourth-order valence-corrected chi connectivity index (χ4v) is 4.17. The van der Waals surface area contributed by atoms with Gasteiger partial charge in [0, 0.05) is 43.2 Å². The molecule has 11 heteroatoms. The molecule has 4 heterocycles. The van der Waals surface area contributed by atoms with Crippen LogP contribution in [0.4, 0.5) is 11.6 Å². The maximum atomic E-state index is 6.14. The van der Waals surface area contributed by atoms with Crippen LogP contribution in [0, 0.1) is 0 Å². The first-order chi connectivity index (χ1) is 15.6. The number of ether oxygens (including phenoxy) is 2. The van der Waals surface area contributed by atoms with E-state index in [2.05, 4.69) is 49.6 Å². The van der Waals surface area contributed by atoms with Crippen molar-refractivity contribution >= 4 is 17.2 Å². The zero-order valence-electron chi connectivity index (χ0n) is 18.4. The van der Waals surface area contributed by atoms with Gasteiger partial charge in [-0.25, -0.2) is 9.50 Å². The van der Waals surface area contributed by atoms with Gasteiger partial charge in [0.05, 0.1) is 12.3 Å². The van der Waals surface area contributed by atoms with Crippen LogP contribution >= 0.6 is 0 Å². The van der Waals surface area contributed by atoms with Crippen molar-refractivity contribution in [2.24, 2.45) is 0 Å². The molecule has 168 valence electrons. The van der Waals surface area contributed by atoms with Crippen LogP contribution in [0.25, 0.3) is 5.52 Å². The second kappa shape index (κ2) is 8.58. The Labute approximate surface area is 185 Å². The van der Waals surface area contributed by atoms with Crippen molar-refractivity contribution in [2.75, 3.05) is 12.4 Å². The van der Waals surface area contributed by atoms with Gasteiger partial charge < -0.3 is 14.8 Å². The third-order valence-electron chi connectivity index (χ3n) is 5.77. The predicted octanol–water partition coefficient (Wildman–Crippen LogP) is 3.23. The van der Waals surface area contributed by atoms with E-state index in [0.717, 1.165) is 42.0 Å². The summed E-state index contributed by atoms with van der Waals surface area (Å²) in [5.74, 6) is 1.77. The van der Waals surface area contributed by atoms with E-state index in [-0.39, 0.29) is 12.1 Å². The van der Waals surface area contributed by atoms with Gasteiger partial charge in [0.2, 0.25) is 0 Å². The Kier molecular flexibility index (Phi) is 5.48. The number of hydrogen-bond donors (Lipinski definition) is 2. The molecule has 2 atom stereocenters. The fraction of sp³-hybridized carbons (Fsp3) is 0.476. The van der Waals surface area contributed by atoms with Gasteiger partial charge in [-0.3, -0.25) is 9.67 Å². The molecular weight excluding hydrogens is 410 g/mol. The first kappa shape index (κ1) is 20.4. The molecule has 32 heavy (non-hydrogen) atoms. The van der Waals surface area contributed by atoms with Crippen molar-refractivity contribution in [3.63, 3.8) is 0 Å². The Bertz CT molecular complexity index is 1200. The van der Waals surface area contributed by atoms with Crippen molar-refractivity contribution in [1.29, 1.82) is 0 Å². The van der Waals surface area contributed by atoms with Crippen molar-refractivity contribution in [2.45, 2.75) is 57.8 Å². The van der Waals surface area contributed by atoms with E-state index >= 15 is 0 Å². The molecule has 2 N–H and O–H groups in total. The van der Waals surface area contributed by atoms with E-state index in [9.17, 15) is 0 Å². The molecule has 1 saturated carbocycles. The predicted molar refractivity (Wildman–Crippen MR) is 117 cm³/mol. The molecule has 5 rings (SSSR count). The van der Waals surface area contributed by atoms with Crippen molar-refractivity contribution in [1.82, 2.24) is 39.6 Å². The topological polar surface area (TPSA) is 120 Å². The van der Waals surface area contributed by atoms with Crippen molar-refractivity contribution in [3.8, 4) is 6.01 Å². The van der Waals surface area contributed by atoms with Gasteiger partial charge in [-0.05, 0) is 39.2 Å². The van der Waals surface area contributed by atoms with Crippen LogP contribution < -0.4 is 10.1 Å². The molecule has 0 unspecified atom stereocenters. The van der Waals surface area contributed by atoms with Gasteiger partial charge in [0.25, 0.3) is 0 Å². The average molecular weight is 438 g/mol. The number of fused-ring (bicyclic) bond motifs is 1. The van der Waals surface area contributed by atoms with Crippen molar-refractivity contribution in [3.05, 3.63) is 42.2 Å². The molecule has 1 aliphatic rings. The van der Waals surface area contributed by atoms with Crippen LogP contribution in [0.1, 0.15) is 56.5 Å². The largest absolute Gasteiger partial charge is 0.460 e. The highest BCUT2D eigenvalue weighted by Gasteiger charge is 2.30. The molecule has 1 aliphatic carbocycles. The standard InChI is InChI=1S/C21H27N9O2/c1-13(2)29-12-23-27-21(29)32-16-5-4-14(8-16)17-10-19(26-25-17)24-20-18-9-15(11-31-3)28-30(18)7-6-22-20/h6-7,9-10,12-14,16H,4-5,8,11H2,1-3H3,(H2,22,24,25,26)/t14-,16+/m0/s1. The van der Waals surface area contributed by atoms with Gasteiger partial charge in [0.15, 0.2) is 11.6 Å². The first-order valence-corrected chi connectivity index (χ1v) is 10.8. The summed E-state index contributed by atoms with van der Waals surface area (Å²) in [4.78, 5) is 4.46. The Balaban J connectivity index is 1.26. The maximum absolute atomic E-state index is 6.14. The zero-order chi connectivity index (χ0) is 22.1. The molecule has 1 fully saturated rings. The summed E-state index contributed by atoms with van der Waals surface area (Å²) >= 11 is 0. The van der Waals surface area contributed by atoms with Gasteiger partial charge in [-0.1, -0.05) is 5.10 Å². The number of nitrogens with one attached hydrogen (secondary N) is 2. The molecule has 4 aromatic rings. The van der Waals surface area contributed by atoms with E-state index < -0.39 is 0 Å². The quantitative estimate of drug-likeness (QED) is 0.431. The highest BCUT2D eigenvalue weighted by Crippen LogP contribution is 2.36. The van der Waals surface area contributed by atoms with Crippen LogP contribution in [-0.2, 0) is 11.3 Å². The van der Waals surface area contributed by atoms with E-state index in [4.69, 9.17) is 9.47 Å². The van der Waals surface area contributed by atoms with E-state index in [1.165, 1.54) is 0 Å². The summed E-state index contributed by atoms with van der Waals surface area (Å²) in [5.41, 5.74) is 2.80. The molecule has 4 aromatic heterocycles. The Morgan fingerprint density at radius 1 is 1.28 bits per heavy atom. The fourth-order valence-electron chi connectivity index (χ4n) is 4.17. The number of anilines is 2. The van der Waals surface area contributed by atoms with Crippen LogP contribution in [0.15, 0.2) is 30.9 Å². The van der Waals surface area contributed by atoms with Crippen molar-refractivity contribution < 1.29 is 9.47 Å². The molecular formula is C21H27N9O2. The SMILES string of the molecule is COCc1cc2c(Nc3cc([C@H]4CC[C@@H](Oc5nncn5C(C)C)C4)[nH]n3)nccn2n1. The lowest BCUT2D eigenvalue weighted by Crippen LogP contribution is -2.16. The average Bonchev–Trinajstić information content (AvgIpc) is 3.55. The van der Waals surface area contributed by atoms with Crippen LogP contribution in [0.2, 0.25) is 0 Å². The molecule has 0 aromatic carbocycles. The summed E-state index contributed by atoms with van der Waals surface area (Å²) < 4.78 is 15.1. The summed E-state index contributed by atoms with van der Waals surface area (Å²) in [6.45, 7) is 4.63. The number of rotatable bonds is 8. The summed E-state index contributed by atoms with van der Waals surface area (Å²) in [5, 5.41) is 23.5. The van der Waals surface area contributed by atoms with E-state index in [1.807, 2.05) is 22.9 Å². The molecule has 0 saturated heterocycles. The van der Waals surface area contributed by atoms with Gasteiger partial charge in [0.1, 0.15) is 17.9 Å². The number of aromatic nitrogens is 8. The van der Waals surface area contributed by atoms with E-state index in [0.29, 0.717) is 24.4 Å². The molecule has 0 bridgehead atoms. The molecule has 0 aliphatic heterocycles. The normalized spacial score (nSPS) is 18.6. The number of H-pyrrole nitrogens is 1. The number of hydrogen-bond acceptors (Lipinski definition) is 8. The lowest BCUT2D eigenvalue weighted by molar-refractivity contribution is 0.178. The lowest BCUT2D eigenvalue weighted by atomic mass is 10.0. The summed E-state index contributed by atoms with van der Waals surface area (Å²) in [7, 11) is 1.65. The second-order valence-corrected chi connectivity index (χ2v) is 8.37. The van der Waals surface area contributed by atoms with E-state index in [1.54, 1.807) is 24.1 Å². The smallest absolute Gasteiger partial charge is 0.317 e. The number of aromatic amines is 1. The number of nitrogens with zero attached hydrogens (tertiary/aromatic N) is 7. The van der Waals surface area contributed by atoms with Gasteiger partial charge in [-0.2, -0.15) is 10.2 Å². The highest BCUT2D eigenvalue weighted by molar-refractivity contribution is 5.72. The maximum Gasteiger partial charge on any atom is 0.317 e. The zero-order valence-corrected chi connectivity index (χ0v) is 18.4. The second-order valence-electron chi connectivity index (χ2n) is 8.37. The summed E-state index contributed by atoms with van der Waals surface area (Å²) in [6, 6.07) is 4.85. The minimum absolute atomic E-state index is 0.114. The summed E-state index contributed by atoms with van der Waals surface area (Å²) in [6.07, 6.45) is 8.25. The third kappa shape index (κ3) is 4.03.